The summed E-state index contributed by atoms with van der Waals surface area (Å²) in [5.74, 6) is -1.05. The molecule has 1 aromatic carbocycles. The molecule has 3 nitrogen and oxygen atoms in total. The Balaban J connectivity index is 2.57. The summed E-state index contributed by atoms with van der Waals surface area (Å²) < 4.78 is 32.4. The molecule has 0 aliphatic heterocycles. The van der Waals surface area contributed by atoms with Crippen LogP contribution in [-0.2, 0) is 6.42 Å². The molecular formula is C14H17F2N3S. The Morgan fingerprint density at radius 3 is 2.70 bits per heavy atom. The van der Waals surface area contributed by atoms with Crippen LogP contribution in [0.2, 0.25) is 0 Å². The lowest BCUT2D eigenvalue weighted by atomic mass is 9.99. The molecule has 0 fully saturated rings. The molecule has 0 radical (unpaired) electrons. The Hall–Kier alpha value is -1.40. The topological polar surface area (TPSA) is 37.8 Å². The number of nitrogens with zero attached hydrogens (tertiary/aromatic N) is 2. The van der Waals surface area contributed by atoms with Gasteiger partial charge in [-0.2, -0.15) is 0 Å². The van der Waals surface area contributed by atoms with Crippen LogP contribution in [0, 0.1) is 18.6 Å². The van der Waals surface area contributed by atoms with E-state index in [0.29, 0.717) is 18.5 Å². The van der Waals surface area contributed by atoms with E-state index in [4.69, 9.17) is 0 Å². The van der Waals surface area contributed by atoms with Crippen molar-refractivity contribution in [2.24, 2.45) is 0 Å². The smallest absolute Gasteiger partial charge is 0.134 e. The van der Waals surface area contributed by atoms with E-state index in [1.54, 1.807) is 6.92 Å². The molecule has 1 N–H and O–H groups in total. The van der Waals surface area contributed by atoms with Gasteiger partial charge in [0.25, 0.3) is 0 Å². The fourth-order valence-electron chi connectivity index (χ4n) is 2.15. The minimum atomic E-state index is -0.547. The van der Waals surface area contributed by atoms with Gasteiger partial charge in [0.05, 0.1) is 16.6 Å². The van der Waals surface area contributed by atoms with Crippen LogP contribution in [0.1, 0.15) is 41.6 Å². The number of hydrogen-bond donors (Lipinski definition) is 1. The van der Waals surface area contributed by atoms with Crippen LogP contribution in [0.5, 0.6) is 0 Å². The fourth-order valence-corrected chi connectivity index (χ4v) is 2.98. The van der Waals surface area contributed by atoms with Crippen molar-refractivity contribution in [3.63, 3.8) is 0 Å². The van der Waals surface area contributed by atoms with Gasteiger partial charge in [0.15, 0.2) is 0 Å². The van der Waals surface area contributed by atoms with Crippen molar-refractivity contribution >= 4 is 11.5 Å². The average Bonchev–Trinajstić information content (AvgIpc) is 2.90. The lowest BCUT2D eigenvalue weighted by Crippen LogP contribution is -2.24. The van der Waals surface area contributed by atoms with Gasteiger partial charge in [-0.05, 0) is 43.1 Å². The number of rotatable bonds is 5. The van der Waals surface area contributed by atoms with E-state index < -0.39 is 17.7 Å². The Bertz CT molecular complexity index is 598. The third-order valence-corrected chi connectivity index (χ3v) is 4.03. The highest BCUT2D eigenvalue weighted by Crippen LogP contribution is 2.32. The zero-order valence-electron chi connectivity index (χ0n) is 11.7. The maximum absolute atomic E-state index is 14.3. The molecular weight excluding hydrogens is 280 g/mol. The zero-order valence-corrected chi connectivity index (χ0v) is 12.5. The van der Waals surface area contributed by atoms with Crippen LogP contribution in [0.25, 0.3) is 0 Å². The van der Waals surface area contributed by atoms with Gasteiger partial charge in [-0.3, -0.25) is 0 Å². The van der Waals surface area contributed by atoms with Crippen molar-refractivity contribution in [2.45, 2.75) is 33.2 Å². The summed E-state index contributed by atoms with van der Waals surface area (Å²) in [6.45, 7) is 6.08. The second-order valence-electron chi connectivity index (χ2n) is 4.52. The van der Waals surface area contributed by atoms with E-state index in [0.717, 1.165) is 10.6 Å². The fraction of sp³-hybridized carbons (Fsp3) is 0.429. The lowest BCUT2D eigenvalue weighted by Gasteiger charge is -2.19. The average molecular weight is 297 g/mol. The number of hydrogen-bond acceptors (Lipinski definition) is 4. The van der Waals surface area contributed by atoms with Gasteiger partial charge in [0, 0.05) is 5.56 Å². The SMILES string of the molecule is CCNC(c1snnc1CC)c1c(F)ccc(C)c1F. The summed E-state index contributed by atoms with van der Waals surface area (Å²) >= 11 is 1.18. The summed E-state index contributed by atoms with van der Waals surface area (Å²) in [6.07, 6.45) is 0.683. The predicted octanol–water partition coefficient (Wildman–Crippen LogP) is 3.39. The molecule has 0 bridgehead atoms. The molecule has 1 unspecified atom stereocenters. The second kappa shape index (κ2) is 6.37. The second-order valence-corrected chi connectivity index (χ2v) is 5.31. The maximum Gasteiger partial charge on any atom is 0.134 e. The molecule has 2 aromatic rings. The normalized spacial score (nSPS) is 12.7. The molecule has 0 saturated carbocycles. The first-order chi connectivity index (χ1) is 9.60. The van der Waals surface area contributed by atoms with Crippen LogP contribution in [0.3, 0.4) is 0 Å². The third kappa shape index (κ3) is 2.71. The van der Waals surface area contributed by atoms with Crippen LogP contribution >= 0.6 is 11.5 Å². The molecule has 6 heteroatoms. The quantitative estimate of drug-likeness (QED) is 0.919. The Morgan fingerprint density at radius 2 is 2.05 bits per heavy atom. The summed E-state index contributed by atoms with van der Waals surface area (Å²) in [6, 6.07) is 2.20. The van der Waals surface area contributed by atoms with Crippen molar-refractivity contribution in [1.82, 2.24) is 14.9 Å². The van der Waals surface area contributed by atoms with Gasteiger partial charge in [-0.25, -0.2) is 8.78 Å². The predicted molar refractivity (Wildman–Crippen MR) is 75.9 cm³/mol. The highest BCUT2D eigenvalue weighted by atomic mass is 32.1. The van der Waals surface area contributed by atoms with Crippen molar-refractivity contribution in [3.8, 4) is 0 Å². The Kier molecular flexibility index (Phi) is 4.77. The maximum atomic E-state index is 14.3. The van der Waals surface area contributed by atoms with Gasteiger partial charge in [-0.1, -0.05) is 24.4 Å². The van der Waals surface area contributed by atoms with Crippen LogP contribution in [-0.4, -0.2) is 16.1 Å². The monoisotopic (exact) mass is 297 g/mol. The van der Waals surface area contributed by atoms with Crippen molar-refractivity contribution < 1.29 is 8.78 Å². The molecule has 0 spiro atoms. The van der Waals surface area contributed by atoms with E-state index in [2.05, 4.69) is 14.9 Å². The summed E-state index contributed by atoms with van der Waals surface area (Å²) in [7, 11) is 0. The first-order valence-corrected chi connectivity index (χ1v) is 7.36. The Labute approximate surface area is 121 Å². The summed E-state index contributed by atoms with van der Waals surface area (Å²) in [5, 5.41) is 7.16. The molecule has 0 amide bonds. The number of halogens is 2. The number of nitrogens with one attached hydrogen (secondary N) is 1. The van der Waals surface area contributed by atoms with Crippen molar-refractivity contribution in [1.29, 1.82) is 0 Å². The van der Waals surface area contributed by atoms with E-state index in [-0.39, 0.29) is 5.56 Å². The van der Waals surface area contributed by atoms with Gasteiger partial charge >= 0.3 is 0 Å². The molecule has 1 aromatic heterocycles. The highest BCUT2D eigenvalue weighted by Gasteiger charge is 2.26. The molecule has 0 aliphatic rings. The van der Waals surface area contributed by atoms with E-state index in [9.17, 15) is 8.78 Å². The Morgan fingerprint density at radius 1 is 1.30 bits per heavy atom. The zero-order chi connectivity index (χ0) is 14.7. The van der Waals surface area contributed by atoms with Gasteiger partial charge in [-0.15, -0.1) is 5.10 Å². The molecule has 0 aliphatic carbocycles. The van der Waals surface area contributed by atoms with E-state index >= 15 is 0 Å². The van der Waals surface area contributed by atoms with Crippen LogP contribution < -0.4 is 5.32 Å². The first kappa shape index (κ1) is 15.0. The van der Waals surface area contributed by atoms with Gasteiger partial charge in [0.2, 0.25) is 0 Å². The summed E-state index contributed by atoms with van der Waals surface area (Å²) in [4.78, 5) is 0.776. The standard InChI is InChI=1S/C14H17F2N3S/c1-4-10-14(20-19-18-10)13(17-5-2)11-9(15)7-6-8(3)12(11)16/h6-7,13,17H,4-5H2,1-3H3. The summed E-state index contributed by atoms with van der Waals surface area (Å²) in [5.41, 5.74) is 1.26. The molecule has 1 heterocycles. The molecule has 108 valence electrons. The van der Waals surface area contributed by atoms with Crippen LogP contribution in [0.4, 0.5) is 8.78 Å². The number of aryl methyl sites for hydroxylation is 2. The number of aromatic nitrogens is 2. The van der Waals surface area contributed by atoms with Crippen molar-refractivity contribution in [3.05, 3.63) is 45.5 Å². The largest absolute Gasteiger partial charge is 0.306 e. The minimum absolute atomic E-state index is 0.0487. The van der Waals surface area contributed by atoms with E-state index in [1.807, 2.05) is 13.8 Å². The molecule has 2 rings (SSSR count). The highest BCUT2D eigenvalue weighted by molar-refractivity contribution is 7.05. The van der Waals surface area contributed by atoms with E-state index in [1.165, 1.54) is 23.7 Å². The molecule has 1 atom stereocenters. The lowest BCUT2D eigenvalue weighted by molar-refractivity contribution is 0.508. The minimum Gasteiger partial charge on any atom is -0.306 e. The first-order valence-electron chi connectivity index (χ1n) is 6.59. The third-order valence-electron chi connectivity index (χ3n) is 3.20. The van der Waals surface area contributed by atoms with Gasteiger partial charge in [0.1, 0.15) is 11.6 Å². The number of benzene rings is 1. The van der Waals surface area contributed by atoms with Gasteiger partial charge < -0.3 is 5.32 Å². The molecule has 0 saturated heterocycles. The van der Waals surface area contributed by atoms with Crippen molar-refractivity contribution in [2.75, 3.05) is 6.54 Å². The van der Waals surface area contributed by atoms with Crippen LogP contribution in [0.15, 0.2) is 12.1 Å². The molecule has 20 heavy (non-hydrogen) atoms.